The van der Waals surface area contributed by atoms with E-state index in [4.69, 9.17) is 10.5 Å². The van der Waals surface area contributed by atoms with E-state index < -0.39 is 4.92 Å². The van der Waals surface area contributed by atoms with E-state index in [1.807, 2.05) is 0 Å². The van der Waals surface area contributed by atoms with Gasteiger partial charge in [0, 0.05) is 17.6 Å². The van der Waals surface area contributed by atoms with Crippen LogP contribution in [0.1, 0.15) is 5.56 Å². The van der Waals surface area contributed by atoms with Crippen LogP contribution in [-0.2, 0) is 0 Å². The van der Waals surface area contributed by atoms with Gasteiger partial charge in [-0.15, -0.1) is 11.3 Å². The van der Waals surface area contributed by atoms with Gasteiger partial charge in [-0.05, 0) is 35.9 Å². The van der Waals surface area contributed by atoms with Gasteiger partial charge in [-0.2, -0.15) is 5.10 Å². The van der Waals surface area contributed by atoms with Crippen LogP contribution in [0, 0.1) is 10.1 Å². The van der Waals surface area contributed by atoms with E-state index in [0.717, 1.165) is 5.56 Å². The molecule has 9 nitrogen and oxygen atoms in total. The zero-order chi connectivity index (χ0) is 17.6. The molecule has 2 aromatic heterocycles. The van der Waals surface area contributed by atoms with Gasteiger partial charge < -0.3 is 10.5 Å². The van der Waals surface area contributed by atoms with Crippen LogP contribution < -0.4 is 15.9 Å². The number of hydrogen-bond acceptors (Lipinski definition) is 9. The molecule has 0 fully saturated rings. The van der Waals surface area contributed by atoms with E-state index in [1.165, 1.54) is 29.7 Å². The topological polar surface area (TPSA) is 129 Å². The SMILES string of the molecule is Nc1csc(NN=Cc2ccc(Oc3ncccc3[N+](=O)[O-])cc2)n1. The number of nitro groups is 1. The van der Waals surface area contributed by atoms with Crippen molar-refractivity contribution in [3.05, 3.63) is 63.7 Å². The first-order valence-corrected chi connectivity index (χ1v) is 7.87. The van der Waals surface area contributed by atoms with E-state index >= 15 is 0 Å². The number of pyridine rings is 1. The third-order valence-corrected chi connectivity index (χ3v) is 3.70. The molecule has 1 aromatic carbocycles. The van der Waals surface area contributed by atoms with Crippen LogP contribution in [0.15, 0.2) is 53.1 Å². The number of rotatable bonds is 6. The van der Waals surface area contributed by atoms with Gasteiger partial charge in [0.05, 0.1) is 11.1 Å². The fraction of sp³-hybridized carbons (Fsp3) is 0. The minimum atomic E-state index is -0.541. The summed E-state index contributed by atoms with van der Waals surface area (Å²) >= 11 is 1.35. The van der Waals surface area contributed by atoms with Crippen molar-refractivity contribution >= 4 is 34.2 Å². The van der Waals surface area contributed by atoms with Crippen LogP contribution in [0.3, 0.4) is 0 Å². The molecule has 0 atom stereocenters. The van der Waals surface area contributed by atoms with Gasteiger partial charge in [0.1, 0.15) is 11.6 Å². The maximum absolute atomic E-state index is 11.0. The summed E-state index contributed by atoms with van der Waals surface area (Å²) in [6.07, 6.45) is 3.03. The standard InChI is InChI=1S/C15H12N6O3S/c16-13-9-25-15(19-13)20-18-8-10-3-5-11(6-4-10)24-14-12(21(22)23)2-1-7-17-14/h1-9H,16H2,(H,19,20). The molecule has 3 rings (SSSR count). The summed E-state index contributed by atoms with van der Waals surface area (Å²) in [6, 6.07) is 9.66. The molecule has 2 heterocycles. The second-order valence-electron chi connectivity index (χ2n) is 4.70. The number of anilines is 2. The number of nitrogens with one attached hydrogen (secondary N) is 1. The average Bonchev–Trinajstić information content (AvgIpc) is 3.02. The van der Waals surface area contributed by atoms with Crippen molar-refractivity contribution < 1.29 is 9.66 Å². The molecular formula is C15H12N6O3S. The van der Waals surface area contributed by atoms with E-state index in [0.29, 0.717) is 16.7 Å². The van der Waals surface area contributed by atoms with Crippen molar-refractivity contribution in [2.75, 3.05) is 11.2 Å². The summed E-state index contributed by atoms with van der Waals surface area (Å²) < 4.78 is 5.47. The monoisotopic (exact) mass is 356 g/mol. The van der Waals surface area contributed by atoms with Crippen LogP contribution in [-0.4, -0.2) is 21.1 Å². The molecular weight excluding hydrogens is 344 g/mol. The summed E-state index contributed by atoms with van der Waals surface area (Å²) in [5.74, 6) is 0.810. The highest BCUT2D eigenvalue weighted by atomic mass is 32.1. The molecule has 10 heteroatoms. The molecule has 0 saturated carbocycles. The van der Waals surface area contributed by atoms with Crippen molar-refractivity contribution in [2.24, 2.45) is 5.10 Å². The molecule has 0 amide bonds. The fourth-order valence-corrected chi connectivity index (χ4v) is 2.38. The minimum Gasteiger partial charge on any atom is -0.434 e. The lowest BCUT2D eigenvalue weighted by molar-refractivity contribution is -0.386. The average molecular weight is 356 g/mol. The van der Waals surface area contributed by atoms with Crippen molar-refractivity contribution in [1.29, 1.82) is 0 Å². The number of hydrogen-bond donors (Lipinski definition) is 2. The van der Waals surface area contributed by atoms with E-state index in [2.05, 4.69) is 20.5 Å². The lowest BCUT2D eigenvalue weighted by Gasteiger charge is -2.05. The summed E-state index contributed by atoms with van der Waals surface area (Å²) in [7, 11) is 0. The first-order valence-electron chi connectivity index (χ1n) is 6.99. The largest absolute Gasteiger partial charge is 0.434 e. The zero-order valence-corrected chi connectivity index (χ0v) is 13.5. The summed E-state index contributed by atoms with van der Waals surface area (Å²) in [4.78, 5) is 18.3. The summed E-state index contributed by atoms with van der Waals surface area (Å²) in [6.45, 7) is 0. The highest BCUT2D eigenvalue weighted by Crippen LogP contribution is 2.28. The van der Waals surface area contributed by atoms with E-state index in [1.54, 1.807) is 35.9 Å². The molecule has 0 spiro atoms. The van der Waals surface area contributed by atoms with Crippen LogP contribution in [0.5, 0.6) is 11.6 Å². The van der Waals surface area contributed by atoms with Gasteiger partial charge in [0.15, 0.2) is 0 Å². The highest BCUT2D eigenvalue weighted by molar-refractivity contribution is 7.14. The number of aromatic nitrogens is 2. The number of hydrazone groups is 1. The predicted molar refractivity (Wildman–Crippen MR) is 95.2 cm³/mol. The van der Waals surface area contributed by atoms with Crippen LogP contribution >= 0.6 is 11.3 Å². The van der Waals surface area contributed by atoms with Crippen molar-refractivity contribution in [3.63, 3.8) is 0 Å². The quantitative estimate of drug-likeness (QED) is 0.394. The maximum atomic E-state index is 11.0. The second-order valence-corrected chi connectivity index (χ2v) is 5.56. The van der Waals surface area contributed by atoms with Gasteiger partial charge in [-0.3, -0.25) is 15.5 Å². The lowest BCUT2D eigenvalue weighted by Crippen LogP contribution is -1.95. The van der Waals surface area contributed by atoms with Gasteiger partial charge in [-0.1, -0.05) is 0 Å². The third kappa shape index (κ3) is 4.26. The van der Waals surface area contributed by atoms with E-state index in [-0.39, 0.29) is 11.6 Å². The van der Waals surface area contributed by atoms with Crippen LogP contribution in [0.25, 0.3) is 0 Å². The summed E-state index contributed by atoms with van der Waals surface area (Å²) in [5, 5.41) is 17.3. The number of nitrogen functional groups attached to an aromatic ring is 1. The van der Waals surface area contributed by atoms with E-state index in [9.17, 15) is 10.1 Å². The number of nitrogens with two attached hydrogens (primary N) is 1. The molecule has 25 heavy (non-hydrogen) atoms. The molecule has 0 bridgehead atoms. The number of ether oxygens (including phenoxy) is 1. The summed E-state index contributed by atoms with van der Waals surface area (Å²) in [5.41, 5.74) is 8.90. The Bertz CT molecular complexity index is 910. The Hall–Kier alpha value is -3.53. The first-order chi connectivity index (χ1) is 12.1. The smallest absolute Gasteiger partial charge is 0.331 e. The fourth-order valence-electron chi connectivity index (χ4n) is 1.83. The molecule has 0 aliphatic rings. The Morgan fingerprint density at radius 3 is 2.80 bits per heavy atom. The Kier molecular flexibility index (Phi) is 4.81. The second kappa shape index (κ2) is 7.36. The molecule has 0 unspecified atom stereocenters. The molecule has 126 valence electrons. The Morgan fingerprint density at radius 1 is 1.32 bits per heavy atom. The number of thiazole rings is 1. The van der Waals surface area contributed by atoms with Gasteiger partial charge in [-0.25, -0.2) is 9.97 Å². The Morgan fingerprint density at radius 2 is 2.12 bits per heavy atom. The molecule has 0 saturated heterocycles. The Balaban J connectivity index is 1.65. The number of nitrogens with zero attached hydrogens (tertiary/aromatic N) is 4. The van der Waals surface area contributed by atoms with Gasteiger partial charge in [0.25, 0.3) is 5.88 Å². The maximum Gasteiger partial charge on any atom is 0.331 e. The van der Waals surface area contributed by atoms with Gasteiger partial charge >= 0.3 is 5.69 Å². The molecule has 0 aliphatic carbocycles. The molecule has 0 aliphatic heterocycles. The van der Waals surface area contributed by atoms with Gasteiger partial charge in [0.2, 0.25) is 5.13 Å². The number of benzene rings is 1. The lowest BCUT2D eigenvalue weighted by atomic mass is 10.2. The molecule has 3 aromatic rings. The predicted octanol–water partition coefficient (Wildman–Crippen LogP) is 3.27. The molecule has 0 radical (unpaired) electrons. The first kappa shape index (κ1) is 16.3. The van der Waals surface area contributed by atoms with Crippen molar-refractivity contribution in [2.45, 2.75) is 0 Å². The molecule has 3 N–H and O–H groups in total. The third-order valence-electron chi connectivity index (χ3n) is 2.94. The van der Waals surface area contributed by atoms with Crippen molar-refractivity contribution in [3.8, 4) is 11.6 Å². The Labute approximate surface area is 146 Å². The zero-order valence-electron chi connectivity index (χ0n) is 12.7. The van der Waals surface area contributed by atoms with Crippen LogP contribution in [0.2, 0.25) is 0 Å². The normalized spacial score (nSPS) is 10.7. The van der Waals surface area contributed by atoms with Crippen LogP contribution in [0.4, 0.5) is 16.6 Å². The highest BCUT2D eigenvalue weighted by Gasteiger charge is 2.16. The minimum absolute atomic E-state index is 0.0584. The van der Waals surface area contributed by atoms with Crippen molar-refractivity contribution in [1.82, 2.24) is 9.97 Å².